The summed E-state index contributed by atoms with van der Waals surface area (Å²) >= 11 is 0. The topological polar surface area (TPSA) is 89.8 Å². The smallest absolute Gasteiger partial charge is 0.337 e. The van der Waals surface area contributed by atoms with Crippen LogP contribution >= 0.6 is 0 Å². The van der Waals surface area contributed by atoms with E-state index in [2.05, 4.69) is 9.97 Å². The lowest BCUT2D eigenvalue weighted by molar-refractivity contribution is 0.679. The van der Waals surface area contributed by atoms with Crippen LogP contribution in [-0.2, 0) is 17.3 Å². The van der Waals surface area contributed by atoms with Gasteiger partial charge in [0, 0.05) is 11.2 Å². The summed E-state index contributed by atoms with van der Waals surface area (Å²) in [6.07, 6.45) is 2.99. The van der Waals surface area contributed by atoms with Gasteiger partial charge in [0.1, 0.15) is 5.52 Å². The highest BCUT2D eigenvalue weighted by molar-refractivity contribution is 7.84. The number of benzene rings is 2. The van der Waals surface area contributed by atoms with E-state index in [-0.39, 0.29) is 17.7 Å². The average Bonchev–Trinajstić information content (AvgIpc) is 3.17. The summed E-state index contributed by atoms with van der Waals surface area (Å²) in [5, 5.41) is 0. The molecular weight excluding hydrogens is 376 g/mol. The van der Waals surface area contributed by atoms with Crippen LogP contribution in [0.25, 0.3) is 16.9 Å². The van der Waals surface area contributed by atoms with Gasteiger partial charge < -0.3 is 4.98 Å². The van der Waals surface area contributed by atoms with E-state index in [0.29, 0.717) is 16.1 Å². The van der Waals surface area contributed by atoms with Gasteiger partial charge >= 0.3 is 5.69 Å². The molecule has 2 aromatic carbocycles. The van der Waals surface area contributed by atoms with Crippen molar-refractivity contribution in [2.24, 2.45) is 0 Å². The zero-order chi connectivity index (χ0) is 19.8. The molecule has 4 rings (SSSR count). The first-order valence-electron chi connectivity index (χ1n) is 8.65. The molecule has 4 aromatic rings. The van der Waals surface area contributed by atoms with Crippen LogP contribution in [0, 0.1) is 6.92 Å². The van der Waals surface area contributed by atoms with Crippen molar-refractivity contribution in [3.8, 4) is 5.69 Å². The Morgan fingerprint density at radius 1 is 1.07 bits per heavy atom. The van der Waals surface area contributed by atoms with Crippen LogP contribution in [0.15, 0.2) is 69.3 Å². The first-order valence-corrected chi connectivity index (χ1v) is 10.2. The van der Waals surface area contributed by atoms with E-state index in [1.807, 2.05) is 37.3 Å². The van der Waals surface area contributed by atoms with Crippen LogP contribution in [0.5, 0.6) is 0 Å². The van der Waals surface area contributed by atoms with Crippen molar-refractivity contribution in [1.29, 1.82) is 0 Å². The molecule has 0 radical (unpaired) electrons. The highest BCUT2D eigenvalue weighted by Gasteiger charge is 2.19. The van der Waals surface area contributed by atoms with Gasteiger partial charge in [-0.15, -0.1) is 0 Å². The third kappa shape index (κ3) is 2.91. The van der Waals surface area contributed by atoms with Gasteiger partial charge in [0.2, 0.25) is 0 Å². The van der Waals surface area contributed by atoms with Gasteiger partial charge in [-0.25, -0.2) is 14.3 Å². The molecule has 0 saturated carbocycles. The SMILES string of the molecule is Cc1c(-n2c(=O)n(Cc3ccccc3)c(=O)c3[nH]cnc32)cccc1[S@@](C)=O. The maximum Gasteiger partial charge on any atom is 0.337 e. The number of aromatic nitrogens is 4. The molecule has 0 aliphatic carbocycles. The number of H-pyrrole nitrogens is 1. The Bertz CT molecular complexity index is 1320. The lowest BCUT2D eigenvalue weighted by Gasteiger charge is -2.15. The second kappa shape index (κ2) is 7.05. The Morgan fingerprint density at radius 3 is 2.54 bits per heavy atom. The minimum absolute atomic E-state index is 0.145. The predicted octanol–water partition coefficient (Wildman–Crippen LogP) is 1.97. The first-order chi connectivity index (χ1) is 13.5. The number of fused-ring (bicyclic) bond motifs is 1. The highest BCUT2D eigenvalue weighted by atomic mass is 32.2. The normalized spacial score (nSPS) is 12.4. The molecule has 0 bridgehead atoms. The van der Waals surface area contributed by atoms with Gasteiger partial charge in [-0.2, -0.15) is 0 Å². The van der Waals surface area contributed by atoms with E-state index in [1.165, 1.54) is 15.5 Å². The standard InChI is InChI=1S/C20H18N4O3S/c1-13-15(9-6-10-16(13)28(2)27)24-18-17(21-12-22-18)19(25)23(20(24)26)11-14-7-4-3-5-8-14/h3-10,12H,11H2,1-2H3,(H,21,22)/t28-/m1/s1. The summed E-state index contributed by atoms with van der Waals surface area (Å²) in [4.78, 5) is 33.9. The summed E-state index contributed by atoms with van der Waals surface area (Å²) in [6.45, 7) is 1.95. The van der Waals surface area contributed by atoms with E-state index in [4.69, 9.17) is 0 Å². The maximum atomic E-state index is 13.3. The summed E-state index contributed by atoms with van der Waals surface area (Å²) < 4.78 is 14.6. The van der Waals surface area contributed by atoms with Crippen LogP contribution < -0.4 is 11.2 Å². The number of hydrogen-bond acceptors (Lipinski definition) is 4. The van der Waals surface area contributed by atoms with Crippen molar-refractivity contribution in [2.75, 3.05) is 6.26 Å². The van der Waals surface area contributed by atoms with Crippen molar-refractivity contribution in [3.05, 3.63) is 86.8 Å². The van der Waals surface area contributed by atoms with Gasteiger partial charge in [-0.05, 0) is 30.2 Å². The van der Waals surface area contributed by atoms with Crippen molar-refractivity contribution < 1.29 is 4.21 Å². The fourth-order valence-electron chi connectivity index (χ4n) is 3.33. The molecule has 0 aliphatic rings. The van der Waals surface area contributed by atoms with E-state index in [0.717, 1.165) is 5.56 Å². The zero-order valence-corrected chi connectivity index (χ0v) is 16.2. The zero-order valence-electron chi connectivity index (χ0n) is 15.4. The summed E-state index contributed by atoms with van der Waals surface area (Å²) in [7, 11) is -1.21. The van der Waals surface area contributed by atoms with E-state index < -0.39 is 22.0 Å². The molecule has 7 nitrogen and oxygen atoms in total. The Kier molecular flexibility index (Phi) is 4.56. The molecule has 8 heteroatoms. The number of imidazole rings is 1. The van der Waals surface area contributed by atoms with Crippen molar-refractivity contribution >= 4 is 22.0 Å². The molecule has 1 N–H and O–H groups in total. The highest BCUT2D eigenvalue weighted by Crippen LogP contribution is 2.21. The number of rotatable bonds is 4. The van der Waals surface area contributed by atoms with Crippen LogP contribution in [0.4, 0.5) is 0 Å². The second-order valence-corrected chi connectivity index (χ2v) is 7.80. The molecule has 0 fully saturated rings. The van der Waals surface area contributed by atoms with Crippen LogP contribution in [0.1, 0.15) is 11.1 Å². The second-order valence-electron chi connectivity index (χ2n) is 6.45. The van der Waals surface area contributed by atoms with Crippen molar-refractivity contribution in [2.45, 2.75) is 18.4 Å². The lowest BCUT2D eigenvalue weighted by atomic mass is 10.2. The molecule has 1 atom stereocenters. The fraction of sp³-hybridized carbons (Fsp3) is 0.150. The number of hydrogen-bond donors (Lipinski definition) is 1. The molecule has 0 unspecified atom stereocenters. The molecule has 28 heavy (non-hydrogen) atoms. The minimum atomic E-state index is -1.21. The van der Waals surface area contributed by atoms with Crippen molar-refractivity contribution in [3.63, 3.8) is 0 Å². The quantitative estimate of drug-likeness (QED) is 0.573. The Morgan fingerprint density at radius 2 is 1.82 bits per heavy atom. The largest absolute Gasteiger partial charge is 0.339 e. The van der Waals surface area contributed by atoms with Gasteiger partial charge in [0.15, 0.2) is 5.65 Å². The third-order valence-corrected chi connectivity index (χ3v) is 5.76. The Balaban J connectivity index is 2.04. The summed E-state index contributed by atoms with van der Waals surface area (Å²) in [5.74, 6) is 0. The molecular formula is C20H18N4O3S. The minimum Gasteiger partial charge on any atom is -0.339 e. The van der Waals surface area contributed by atoms with Gasteiger partial charge in [-0.3, -0.25) is 13.6 Å². The lowest BCUT2D eigenvalue weighted by Crippen LogP contribution is -2.40. The Hall–Kier alpha value is -3.26. The van der Waals surface area contributed by atoms with Crippen molar-refractivity contribution in [1.82, 2.24) is 19.1 Å². The molecule has 0 spiro atoms. The summed E-state index contributed by atoms with van der Waals surface area (Å²) in [6, 6.07) is 14.6. The van der Waals surface area contributed by atoms with E-state index >= 15 is 0 Å². The molecule has 2 heterocycles. The average molecular weight is 394 g/mol. The molecule has 2 aromatic heterocycles. The maximum absolute atomic E-state index is 13.3. The molecule has 0 aliphatic heterocycles. The monoisotopic (exact) mass is 394 g/mol. The molecule has 0 amide bonds. The number of nitrogens with zero attached hydrogens (tertiary/aromatic N) is 3. The van der Waals surface area contributed by atoms with Gasteiger partial charge in [0.05, 0.1) is 29.4 Å². The predicted molar refractivity (Wildman–Crippen MR) is 109 cm³/mol. The third-order valence-electron chi connectivity index (χ3n) is 4.70. The number of nitrogens with one attached hydrogen (secondary N) is 1. The van der Waals surface area contributed by atoms with Gasteiger partial charge in [-0.1, -0.05) is 36.4 Å². The first kappa shape index (κ1) is 18.1. The summed E-state index contributed by atoms with van der Waals surface area (Å²) in [5.41, 5.74) is 1.68. The van der Waals surface area contributed by atoms with E-state index in [1.54, 1.807) is 24.5 Å². The van der Waals surface area contributed by atoms with Crippen LogP contribution in [-0.4, -0.2) is 29.6 Å². The van der Waals surface area contributed by atoms with E-state index in [9.17, 15) is 13.8 Å². The molecule has 142 valence electrons. The van der Waals surface area contributed by atoms with Gasteiger partial charge in [0.25, 0.3) is 5.56 Å². The fourth-order valence-corrected chi connectivity index (χ4v) is 4.13. The Labute approximate surface area is 162 Å². The molecule has 0 saturated heterocycles. The van der Waals surface area contributed by atoms with Crippen LogP contribution in [0.3, 0.4) is 0 Å². The number of aromatic amines is 1. The van der Waals surface area contributed by atoms with Crippen LogP contribution in [0.2, 0.25) is 0 Å².